The quantitative estimate of drug-likeness (QED) is 0.439. The van der Waals surface area contributed by atoms with E-state index in [9.17, 15) is 26.4 Å². The molecule has 0 radical (unpaired) electrons. The fourth-order valence-electron chi connectivity index (χ4n) is 4.38. The Morgan fingerprint density at radius 1 is 1.21 bits per heavy atom. The lowest BCUT2D eigenvalue weighted by Gasteiger charge is -2.34. The Morgan fingerprint density at radius 3 is 2.59 bits per heavy atom. The summed E-state index contributed by atoms with van der Waals surface area (Å²) in [4.78, 5) is 21.6. The van der Waals surface area contributed by atoms with Crippen LogP contribution in [0.25, 0.3) is 5.65 Å². The van der Waals surface area contributed by atoms with Gasteiger partial charge in [0.1, 0.15) is 17.2 Å². The molecular weight excluding hydrogens is 542 g/mol. The topological polar surface area (TPSA) is 112 Å². The number of imidazole rings is 1. The third kappa shape index (κ3) is 5.02. The van der Waals surface area contributed by atoms with E-state index in [0.29, 0.717) is 41.9 Å². The SMILES string of the molecule is CCc1nc2ccc(C)cn2c1C(=O)NCc1cnc(N2CCN(S(=O)(=O)C(F)(F)F)C(C3CC3)=N2)c(F)c1. The van der Waals surface area contributed by atoms with Crippen LogP contribution in [0.15, 0.2) is 35.7 Å². The van der Waals surface area contributed by atoms with Gasteiger partial charge in [0.25, 0.3) is 5.91 Å². The summed E-state index contributed by atoms with van der Waals surface area (Å²) >= 11 is 0. The fraction of sp³-hybridized carbons (Fsp3) is 0.417. The van der Waals surface area contributed by atoms with E-state index in [1.54, 1.807) is 4.40 Å². The lowest BCUT2D eigenvalue weighted by Crippen LogP contribution is -2.51. The molecule has 208 valence electrons. The van der Waals surface area contributed by atoms with Gasteiger partial charge in [-0.25, -0.2) is 23.7 Å². The van der Waals surface area contributed by atoms with Gasteiger partial charge in [-0.3, -0.25) is 9.20 Å². The van der Waals surface area contributed by atoms with Gasteiger partial charge in [-0.2, -0.15) is 26.7 Å². The van der Waals surface area contributed by atoms with Crippen molar-refractivity contribution in [3.63, 3.8) is 0 Å². The summed E-state index contributed by atoms with van der Waals surface area (Å²) < 4.78 is 80.5. The second kappa shape index (κ2) is 9.77. The van der Waals surface area contributed by atoms with Crippen LogP contribution in [0.5, 0.6) is 0 Å². The lowest BCUT2D eigenvalue weighted by molar-refractivity contribution is -0.0473. The average molecular weight is 568 g/mol. The fourth-order valence-corrected chi connectivity index (χ4v) is 5.39. The largest absolute Gasteiger partial charge is 0.516 e. The highest BCUT2D eigenvalue weighted by Crippen LogP contribution is 2.38. The van der Waals surface area contributed by atoms with Gasteiger partial charge in [0, 0.05) is 24.9 Å². The Bertz CT molecular complexity index is 1580. The van der Waals surface area contributed by atoms with Crippen LogP contribution in [0.1, 0.15) is 47.1 Å². The van der Waals surface area contributed by atoms with E-state index < -0.39 is 39.7 Å². The number of hydrogen-bond donors (Lipinski definition) is 1. The highest BCUT2D eigenvalue weighted by molar-refractivity contribution is 7.90. The number of anilines is 1. The van der Waals surface area contributed by atoms with Crippen molar-refractivity contribution in [3.05, 3.63) is 58.9 Å². The molecule has 1 fully saturated rings. The normalized spacial score (nSPS) is 16.5. The highest BCUT2D eigenvalue weighted by atomic mass is 32.2. The monoisotopic (exact) mass is 567 g/mol. The standard InChI is InChI=1S/C24H25F4N7O3S/c1-3-18-20(33-13-14(2)4-7-19(33)31-18)23(36)30-12-15-10-17(25)22(29-11-15)34-8-9-35(21(32-34)16-5-6-16)39(37,38)24(26,27)28/h4,7,10-11,13,16H,3,5-6,8-9,12H2,1-2H3,(H,30,36). The van der Waals surface area contributed by atoms with Gasteiger partial charge in [0.2, 0.25) is 0 Å². The Labute approximate surface area is 221 Å². The van der Waals surface area contributed by atoms with Gasteiger partial charge in [-0.1, -0.05) is 13.0 Å². The molecule has 0 aromatic carbocycles. The number of pyridine rings is 2. The van der Waals surface area contributed by atoms with Gasteiger partial charge in [-0.15, -0.1) is 0 Å². The molecule has 0 atom stereocenters. The summed E-state index contributed by atoms with van der Waals surface area (Å²) in [5.74, 6) is -2.19. The number of nitrogens with one attached hydrogen (secondary N) is 1. The number of amides is 1. The molecule has 3 aromatic rings. The number of sulfonamides is 1. The number of amidine groups is 1. The first-order valence-corrected chi connectivity index (χ1v) is 13.7. The summed E-state index contributed by atoms with van der Waals surface area (Å²) in [6, 6.07) is 4.86. The Hall–Kier alpha value is -3.75. The number of carbonyl (C=O) groups excluding carboxylic acids is 1. The minimum Gasteiger partial charge on any atom is -0.347 e. The van der Waals surface area contributed by atoms with E-state index in [2.05, 4.69) is 20.4 Å². The summed E-state index contributed by atoms with van der Waals surface area (Å²) in [5, 5.41) is 7.87. The van der Waals surface area contributed by atoms with E-state index in [-0.39, 0.29) is 29.0 Å². The van der Waals surface area contributed by atoms with Crippen LogP contribution in [0.3, 0.4) is 0 Å². The summed E-state index contributed by atoms with van der Waals surface area (Å²) in [6.07, 6.45) is 4.63. The number of aryl methyl sites for hydroxylation is 2. The number of carbonyl (C=O) groups is 1. The third-order valence-electron chi connectivity index (χ3n) is 6.48. The van der Waals surface area contributed by atoms with Crippen LogP contribution in [0, 0.1) is 18.7 Å². The molecule has 3 aromatic heterocycles. The maximum absolute atomic E-state index is 15.1. The molecule has 0 saturated heterocycles. The molecular formula is C24H25F4N7O3S. The first-order chi connectivity index (χ1) is 18.4. The number of aromatic nitrogens is 3. The van der Waals surface area contributed by atoms with Crippen LogP contribution >= 0.6 is 0 Å². The molecule has 2 aliphatic rings. The summed E-state index contributed by atoms with van der Waals surface area (Å²) in [5.41, 5.74) is -2.54. The molecule has 0 spiro atoms. The van der Waals surface area contributed by atoms with E-state index in [1.807, 2.05) is 32.2 Å². The molecule has 1 aliphatic carbocycles. The van der Waals surface area contributed by atoms with Crippen molar-refractivity contribution in [3.8, 4) is 0 Å². The number of nitrogens with zero attached hydrogens (tertiary/aromatic N) is 6. The molecule has 4 heterocycles. The number of halogens is 4. The van der Waals surface area contributed by atoms with Crippen LogP contribution in [-0.4, -0.2) is 57.4 Å². The Morgan fingerprint density at radius 2 is 1.95 bits per heavy atom. The van der Waals surface area contributed by atoms with Crippen molar-refractivity contribution < 1.29 is 30.8 Å². The summed E-state index contributed by atoms with van der Waals surface area (Å²) in [6.45, 7) is 2.88. The predicted molar refractivity (Wildman–Crippen MR) is 134 cm³/mol. The highest BCUT2D eigenvalue weighted by Gasteiger charge is 2.53. The second-order valence-electron chi connectivity index (χ2n) is 9.41. The maximum atomic E-state index is 15.1. The smallest absolute Gasteiger partial charge is 0.347 e. The minimum absolute atomic E-state index is 0.0422. The summed E-state index contributed by atoms with van der Waals surface area (Å²) in [7, 11) is -5.62. The second-order valence-corrected chi connectivity index (χ2v) is 11.3. The van der Waals surface area contributed by atoms with Crippen molar-refractivity contribution in [1.82, 2.24) is 24.0 Å². The average Bonchev–Trinajstić information content (AvgIpc) is 3.67. The molecule has 39 heavy (non-hydrogen) atoms. The molecule has 10 nitrogen and oxygen atoms in total. The molecule has 5 rings (SSSR count). The molecule has 1 saturated carbocycles. The first-order valence-electron chi connectivity index (χ1n) is 12.3. The predicted octanol–water partition coefficient (Wildman–Crippen LogP) is 3.36. The molecule has 0 bridgehead atoms. The van der Waals surface area contributed by atoms with Gasteiger partial charge in [0.15, 0.2) is 11.6 Å². The van der Waals surface area contributed by atoms with Crippen LogP contribution < -0.4 is 10.3 Å². The van der Waals surface area contributed by atoms with E-state index in [1.165, 1.54) is 6.20 Å². The number of alkyl halides is 3. The van der Waals surface area contributed by atoms with Gasteiger partial charge < -0.3 is 5.32 Å². The zero-order valence-electron chi connectivity index (χ0n) is 21.0. The maximum Gasteiger partial charge on any atom is 0.516 e. The molecule has 15 heteroatoms. The van der Waals surface area contributed by atoms with Crippen LogP contribution in [0.2, 0.25) is 0 Å². The van der Waals surface area contributed by atoms with Gasteiger partial charge in [-0.05, 0) is 49.4 Å². The van der Waals surface area contributed by atoms with Crippen molar-refractivity contribution in [2.45, 2.75) is 45.2 Å². The first kappa shape index (κ1) is 26.8. The molecule has 1 N–H and O–H groups in total. The Balaban J connectivity index is 1.34. The van der Waals surface area contributed by atoms with Crippen molar-refractivity contribution in [1.29, 1.82) is 0 Å². The number of hydrogen-bond acceptors (Lipinski definition) is 7. The van der Waals surface area contributed by atoms with E-state index in [0.717, 1.165) is 16.6 Å². The number of fused-ring (bicyclic) bond motifs is 1. The van der Waals surface area contributed by atoms with Gasteiger partial charge >= 0.3 is 15.5 Å². The van der Waals surface area contributed by atoms with Crippen molar-refractivity contribution in [2.75, 3.05) is 18.1 Å². The number of hydrazone groups is 1. The Kier molecular flexibility index (Phi) is 6.73. The zero-order valence-corrected chi connectivity index (χ0v) is 21.9. The van der Waals surface area contributed by atoms with Crippen LogP contribution in [-0.2, 0) is 23.0 Å². The van der Waals surface area contributed by atoms with Crippen molar-refractivity contribution >= 4 is 33.2 Å². The molecule has 0 unspecified atom stereocenters. The molecule has 1 aliphatic heterocycles. The third-order valence-corrected chi connectivity index (χ3v) is 8.02. The lowest BCUT2D eigenvalue weighted by atomic mass is 10.2. The van der Waals surface area contributed by atoms with E-state index >= 15 is 4.39 Å². The molecule has 1 amide bonds. The van der Waals surface area contributed by atoms with Crippen LogP contribution in [0.4, 0.5) is 23.4 Å². The minimum atomic E-state index is -5.62. The van der Waals surface area contributed by atoms with Gasteiger partial charge in [0.05, 0.1) is 18.8 Å². The van der Waals surface area contributed by atoms with Crippen molar-refractivity contribution in [2.24, 2.45) is 11.0 Å². The zero-order chi connectivity index (χ0) is 28.1. The van der Waals surface area contributed by atoms with E-state index in [4.69, 9.17) is 0 Å². The number of rotatable bonds is 7.